The molecule has 0 amide bonds. The average Bonchev–Trinajstić information content (AvgIpc) is 2.27. The van der Waals surface area contributed by atoms with Crippen LogP contribution in [0.15, 0.2) is 24.8 Å². The number of ketones is 1. The van der Waals surface area contributed by atoms with Crippen molar-refractivity contribution >= 4 is 17.4 Å². The van der Waals surface area contributed by atoms with Crippen molar-refractivity contribution in [1.82, 2.24) is 0 Å². The summed E-state index contributed by atoms with van der Waals surface area (Å²) in [6, 6.07) is 2.41. The number of Topliss-reactive ketones (excluding diaryl/α,β-unsaturated/α-hetero) is 1. The Bertz CT molecular complexity index is 416. The van der Waals surface area contributed by atoms with E-state index in [1.807, 2.05) is 0 Å². The molecule has 0 unspecified atom stereocenters. The molecule has 0 aliphatic heterocycles. The van der Waals surface area contributed by atoms with Crippen LogP contribution in [0.5, 0.6) is 5.75 Å². The Labute approximate surface area is 98.7 Å². The maximum absolute atomic E-state index is 13.4. The number of rotatable bonds is 5. The van der Waals surface area contributed by atoms with Crippen LogP contribution in [0, 0.1) is 5.82 Å². The van der Waals surface area contributed by atoms with Crippen molar-refractivity contribution in [1.29, 1.82) is 0 Å². The first kappa shape index (κ1) is 12.7. The lowest BCUT2D eigenvalue weighted by atomic mass is 10.1. The van der Waals surface area contributed by atoms with Crippen LogP contribution in [0.1, 0.15) is 23.7 Å². The van der Waals surface area contributed by atoms with Crippen molar-refractivity contribution in [2.75, 3.05) is 6.61 Å². The molecule has 2 nitrogen and oxygen atoms in total. The van der Waals surface area contributed by atoms with E-state index in [4.69, 9.17) is 16.3 Å². The number of benzene rings is 1. The second-order valence-electron chi connectivity index (χ2n) is 3.14. The zero-order valence-electron chi connectivity index (χ0n) is 8.93. The van der Waals surface area contributed by atoms with Gasteiger partial charge >= 0.3 is 0 Å². The van der Waals surface area contributed by atoms with Gasteiger partial charge in [0, 0.05) is 6.42 Å². The van der Waals surface area contributed by atoms with Gasteiger partial charge in [-0.1, -0.05) is 31.2 Å². The summed E-state index contributed by atoms with van der Waals surface area (Å²) in [6.07, 6.45) is 1.78. The molecule has 0 N–H and O–H groups in total. The van der Waals surface area contributed by atoms with Crippen LogP contribution in [0.4, 0.5) is 4.39 Å². The third-order valence-corrected chi connectivity index (χ3v) is 2.30. The van der Waals surface area contributed by atoms with E-state index < -0.39 is 5.82 Å². The lowest BCUT2D eigenvalue weighted by molar-refractivity contribution is 0.0984. The van der Waals surface area contributed by atoms with Gasteiger partial charge in [0.25, 0.3) is 0 Å². The van der Waals surface area contributed by atoms with Gasteiger partial charge in [0.2, 0.25) is 0 Å². The van der Waals surface area contributed by atoms with E-state index in [2.05, 4.69) is 6.58 Å². The molecule has 86 valence electrons. The fourth-order valence-corrected chi connectivity index (χ4v) is 1.40. The SMILES string of the molecule is C=CCOc1cc(C(=O)CC)c(F)cc1Cl. The molecular weight excluding hydrogens is 231 g/mol. The van der Waals surface area contributed by atoms with Gasteiger partial charge in [-0.2, -0.15) is 0 Å². The predicted molar refractivity (Wildman–Crippen MR) is 61.7 cm³/mol. The van der Waals surface area contributed by atoms with Crippen LogP contribution < -0.4 is 4.74 Å². The number of carbonyl (C=O) groups is 1. The monoisotopic (exact) mass is 242 g/mol. The fourth-order valence-electron chi connectivity index (χ4n) is 1.19. The molecule has 0 aliphatic carbocycles. The van der Waals surface area contributed by atoms with Crippen LogP contribution in [-0.4, -0.2) is 12.4 Å². The topological polar surface area (TPSA) is 26.3 Å². The predicted octanol–water partition coefficient (Wildman–Crippen LogP) is 3.64. The first-order valence-corrected chi connectivity index (χ1v) is 5.23. The molecule has 0 saturated carbocycles. The van der Waals surface area contributed by atoms with Crippen LogP contribution in [0.25, 0.3) is 0 Å². The molecular formula is C12H12ClFO2. The lowest BCUT2D eigenvalue weighted by Gasteiger charge is -2.08. The van der Waals surface area contributed by atoms with Crippen LogP contribution >= 0.6 is 11.6 Å². The van der Waals surface area contributed by atoms with Crippen molar-refractivity contribution < 1.29 is 13.9 Å². The molecule has 0 spiro atoms. The summed E-state index contributed by atoms with van der Waals surface area (Å²) in [7, 11) is 0. The van der Waals surface area contributed by atoms with E-state index >= 15 is 0 Å². The molecule has 0 saturated heterocycles. The zero-order valence-corrected chi connectivity index (χ0v) is 9.68. The molecule has 0 radical (unpaired) electrons. The van der Waals surface area contributed by atoms with E-state index in [1.165, 1.54) is 6.07 Å². The molecule has 16 heavy (non-hydrogen) atoms. The molecule has 1 rings (SSSR count). The molecule has 0 bridgehead atoms. The van der Waals surface area contributed by atoms with Crippen molar-refractivity contribution in [2.24, 2.45) is 0 Å². The highest BCUT2D eigenvalue weighted by atomic mass is 35.5. The average molecular weight is 243 g/mol. The van der Waals surface area contributed by atoms with Gasteiger partial charge in [-0.3, -0.25) is 4.79 Å². The third kappa shape index (κ3) is 2.83. The Morgan fingerprint density at radius 3 is 2.88 bits per heavy atom. The first-order valence-electron chi connectivity index (χ1n) is 4.86. The highest BCUT2D eigenvalue weighted by Gasteiger charge is 2.14. The number of halogens is 2. The van der Waals surface area contributed by atoms with E-state index in [0.717, 1.165) is 6.07 Å². The van der Waals surface area contributed by atoms with Crippen molar-refractivity contribution in [2.45, 2.75) is 13.3 Å². The number of hydrogen-bond acceptors (Lipinski definition) is 2. The molecule has 0 aliphatic rings. The highest BCUT2D eigenvalue weighted by molar-refractivity contribution is 6.32. The van der Waals surface area contributed by atoms with Crippen molar-refractivity contribution in [3.63, 3.8) is 0 Å². The van der Waals surface area contributed by atoms with Crippen LogP contribution in [0.2, 0.25) is 5.02 Å². The maximum atomic E-state index is 13.4. The Morgan fingerprint density at radius 2 is 2.31 bits per heavy atom. The zero-order chi connectivity index (χ0) is 12.1. The summed E-state index contributed by atoms with van der Waals surface area (Å²) in [5, 5.41) is 0.145. The van der Waals surface area contributed by atoms with Crippen molar-refractivity contribution in [3.8, 4) is 5.75 Å². The summed E-state index contributed by atoms with van der Waals surface area (Å²) in [4.78, 5) is 11.4. The smallest absolute Gasteiger partial charge is 0.165 e. The van der Waals surface area contributed by atoms with Crippen LogP contribution in [-0.2, 0) is 0 Å². The van der Waals surface area contributed by atoms with Gasteiger partial charge in [-0.25, -0.2) is 4.39 Å². The van der Waals surface area contributed by atoms with Gasteiger partial charge in [0.05, 0.1) is 10.6 Å². The summed E-state index contributed by atoms with van der Waals surface area (Å²) in [6.45, 7) is 5.41. The number of carbonyl (C=O) groups excluding carboxylic acids is 1. The minimum absolute atomic E-state index is 0.00552. The second-order valence-corrected chi connectivity index (χ2v) is 3.55. The number of hydrogen-bond donors (Lipinski definition) is 0. The number of ether oxygens (including phenoxy) is 1. The van der Waals surface area contributed by atoms with Gasteiger partial charge in [0.1, 0.15) is 18.2 Å². The summed E-state index contributed by atoms with van der Waals surface area (Å²) >= 11 is 5.77. The minimum atomic E-state index is -0.622. The Kier molecular flexibility index (Phi) is 4.50. The highest BCUT2D eigenvalue weighted by Crippen LogP contribution is 2.28. The molecule has 0 fully saturated rings. The molecule has 0 atom stereocenters. The summed E-state index contributed by atoms with van der Waals surface area (Å²) < 4.78 is 18.6. The van der Waals surface area contributed by atoms with E-state index in [-0.39, 0.29) is 29.4 Å². The lowest BCUT2D eigenvalue weighted by Crippen LogP contribution is -2.03. The maximum Gasteiger partial charge on any atom is 0.165 e. The largest absolute Gasteiger partial charge is 0.488 e. The van der Waals surface area contributed by atoms with Gasteiger partial charge in [-0.15, -0.1) is 0 Å². The molecule has 0 heterocycles. The second kappa shape index (κ2) is 5.66. The molecule has 1 aromatic rings. The van der Waals surface area contributed by atoms with Crippen LogP contribution in [0.3, 0.4) is 0 Å². The Morgan fingerprint density at radius 1 is 1.62 bits per heavy atom. The Balaban J connectivity index is 3.10. The quantitative estimate of drug-likeness (QED) is 0.582. The summed E-state index contributed by atoms with van der Waals surface area (Å²) in [5.41, 5.74) is 0.00552. The summed E-state index contributed by atoms with van der Waals surface area (Å²) in [5.74, 6) is -0.611. The Hall–Kier alpha value is -1.35. The standard InChI is InChI=1S/C12H12ClFO2/c1-3-5-16-12-6-8(11(15)4-2)10(14)7-9(12)13/h3,6-7H,1,4-5H2,2H3. The first-order chi connectivity index (χ1) is 7.60. The van der Waals surface area contributed by atoms with E-state index in [9.17, 15) is 9.18 Å². The van der Waals surface area contributed by atoms with Crippen molar-refractivity contribution in [3.05, 3.63) is 41.2 Å². The fraction of sp³-hybridized carbons (Fsp3) is 0.250. The van der Waals surface area contributed by atoms with E-state index in [0.29, 0.717) is 5.75 Å². The normalized spacial score (nSPS) is 9.94. The van der Waals surface area contributed by atoms with Gasteiger partial charge < -0.3 is 4.74 Å². The van der Waals surface area contributed by atoms with E-state index in [1.54, 1.807) is 13.0 Å². The molecule has 4 heteroatoms. The van der Waals surface area contributed by atoms with Gasteiger partial charge in [0.15, 0.2) is 5.78 Å². The molecule has 0 aromatic heterocycles. The minimum Gasteiger partial charge on any atom is -0.488 e. The van der Waals surface area contributed by atoms with Gasteiger partial charge in [-0.05, 0) is 12.1 Å². The third-order valence-electron chi connectivity index (χ3n) is 2.00. The molecule has 1 aromatic carbocycles.